The van der Waals surface area contributed by atoms with Crippen LogP contribution in [0, 0.1) is 0 Å². The maximum Gasteiger partial charge on any atom is 0.293 e. The normalized spacial score (nSPS) is 15.6. The summed E-state index contributed by atoms with van der Waals surface area (Å²) in [6.07, 6.45) is 2.55. The number of amides is 2. The van der Waals surface area contributed by atoms with Gasteiger partial charge in [-0.2, -0.15) is 0 Å². The predicted molar refractivity (Wildman–Crippen MR) is 118 cm³/mol. The summed E-state index contributed by atoms with van der Waals surface area (Å²) in [5.74, 6) is 0.306. The van der Waals surface area contributed by atoms with Crippen LogP contribution < -0.4 is 4.74 Å². The second-order valence-corrected chi connectivity index (χ2v) is 8.79. The maximum atomic E-state index is 12.8. The average Bonchev–Trinajstić information content (AvgIpc) is 2.90. The molecule has 1 saturated heterocycles. The molecule has 0 spiro atoms. The van der Waals surface area contributed by atoms with Crippen LogP contribution in [0.15, 0.2) is 45.8 Å². The largest absolute Gasteiger partial charge is 0.493 e. The monoisotopic (exact) mass is 499 g/mol. The molecule has 146 valence electrons. The Labute approximate surface area is 186 Å². The van der Waals surface area contributed by atoms with Crippen molar-refractivity contribution in [3.63, 3.8) is 0 Å². The zero-order chi connectivity index (χ0) is 20.3. The average molecular weight is 501 g/mol. The third-order valence-electron chi connectivity index (χ3n) is 3.94. The molecule has 0 unspecified atom stereocenters. The lowest BCUT2D eigenvalue weighted by molar-refractivity contribution is -0.123. The first-order valence-corrected chi connectivity index (χ1v) is 10.9. The molecule has 1 heterocycles. The Morgan fingerprint density at radius 3 is 2.68 bits per heavy atom. The van der Waals surface area contributed by atoms with Gasteiger partial charge in [0.15, 0.2) is 0 Å². The first-order valence-electron chi connectivity index (χ1n) is 8.50. The van der Waals surface area contributed by atoms with E-state index in [-0.39, 0.29) is 17.7 Å². The molecule has 1 aliphatic heterocycles. The quantitative estimate of drug-likeness (QED) is 0.410. The van der Waals surface area contributed by atoms with Gasteiger partial charge >= 0.3 is 0 Å². The van der Waals surface area contributed by atoms with Gasteiger partial charge in [-0.05, 0) is 60.2 Å². The van der Waals surface area contributed by atoms with E-state index in [2.05, 4.69) is 15.9 Å². The molecular formula is C20H16BrCl2NO3S. The Hall–Kier alpha value is -1.47. The molecule has 4 nitrogen and oxygen atoms in total. The molecule has 0 radical (unpaired) electrons. The molecular weight excluding hydrogens is 485 g/mol. The summed E-state index contributed by atoms with van der Waals surface area (Å²) >= 11 is 16.4. The van der Waals surface area contributed by atoms with E-state index in [9.17, 15) is 9.59 Å². The molecule has 1 aliphatic rings. The van der Waals surface area contributed by atoms with Gasteiger partial charge in [-0.15, -0.1) is 0 Å². The molecule has 2 aromatic carbocycles. The van der Waals surface area contributed by atoms with E-state index in [4.69, 9.17) is 27.9 Å². The minimum absolute atomic E-state index is 0.0929. The highest BCUT2D eigenvalue weighted by molar-refractivity contribution is 9.10. The van der Waals surface area contributed by atoms with Gasteiger partial charge in [0.25, 0.3) is 11.1 Å². The van der Waals surface area contributed by atoms with Crippen molar-refractivity contribution < 1.29 is 14.3 Å². The second-order valence-electron chi connectivity index (χ2n) is 6.03. The summed E-state index contributed by atoms with van der Waals surface area (Å²) in [4.78, 5) is 26.7. The lowest BCUT2D eigenvalue weighted by atomic mass is 10.1. The van der Waals surface area contributed by atoms with Crippen LogP contribution in [0.4, 0.5) is 4.79 Å². The van der Waals surface area contributed by atoms with E-state index in [1.807, 2.05) is 25.1 Å². The van der Waals surface area contributed by atoms with Gasteiger partial charge < -0.3 is 4.74 Å². The number of hydrogen-bond donors (Lipinski definition) is 0. The van der Waals surface area contributed by atoms with Gasteiger partial charge in [0.2, 0.25) is 0 Å². The zero-order valence-corrected chi connectivity index (χ0v) is 18.8. The first kappa shape index (κ1) is 21.2. The van der Waals surface area contributed by atoms with E-state index in [0.29, 0.717) is 32.9 Å². The Kier molecular flexibility index (Phi) is 7.10. The van der Waals surface area contributed by atoms with E-state index >= 15 is 0 Å². The van der Waals surface area contributed by atoms with Crippen molar-refractivity contribution in [1.82, 2.24) is 4.90 Å². The van der Waals surface area contributed by atoms with Crippen molar-refractivity contribution in [3.05, 3.63) is 66.9 Å². The summed E-state index contributed by atoms with van der Waals surface area (Å²) in [7, 11) is 0. The summed E-state index contributed by atoms with van der Waals surface area (Å²) in [6, 6.07) is 10.5. The molecule has 2 aromatic rings. The lowest BCUT2D eigenvalue weighted by Crippen LogP contribution is -2.27. The van der Waals surface area contributed by atoms with Crippen molar-refractivity contribution in [3.8, 4) is 5.75 Å². The third kappa shape index (κ3) is 4.92. The molecule has 0 N–H and O–H groups in total. The molecule has 0 aromatic heterocycles. The minimum atomic E-state index is -0.359. The van der Waals surface area contributed by atoms with Crippen molar-refractivity contribution in [2.75, 3.05) is 6.61 Å². The second kappa shape index (κ2) is 9.35. The van der Waals surface area contributed by atoms with Crippen molar-refractivity contribution >= 4 is 68.1 Å². The Bertz CT molecular complexity index is 964. The van der Waals surface area contributed by atoms with E-state index < -0.39 is 0 Å². The smallest absolute Gasteiger partial charge is 0.293 e. The van der Waals surface area contributed by atoms with Crippen LogP contribution in [0.5, 0.6) is 5.75 Å². The fourth-order valence-electron chi connectivity index (χ4n) is 2.57. The molecule has 0 bridgehead atoms. The molecule has 3 rings (SSSR count). The topological polar surface area (TPSA) is 46.6 Å². The Balaban J connectivity index is 1.86. The van der Waals surface area contributed by atoms with Crippen LogP contribution in [-0.4, -0.2) is 22.7 Å². The summed E-state index contributed by atoms with van der Waals surface area (Å²) in [5.41, 5.74) is 1.39. The van der Waals surface area contributed by atoms with E-state index in [1.54, 1.807) is 24.3 Å². The van der Waals surface area contributed by atoms with Gasteiger partial charge in [0.05, 0.1) is 18.1 Å². The zero-order valence-electron chi connectivity index (χ0n) is 14.9. The fourth-order valence-corrected chi connectivity index (χ4v) is 4.25. The van der Waals surface area contributed by atoms with Crippen LogP contribution >= 0.6 is 50.9 Å². The van der Waals surface area contributed by atoms with E-state index in [1.165, 1.54) is 4.90 Å². The molecule has 1 fully saturated rings. The van der Waals surface area contributed by atoms with E-state index in [0.717, 1.165) is 28.2 Å². The number of rotatable bonds is 6. The first-order chi connectivity index (χ1) is 13.4. The standard InChI is InChI=1S/C20H16BrCl2NO3S/c1-2-7-27-17-6-4-14(21)8-13(17)9-18-19(25)24(20(26)28-18)11-12-3-5-15(22)10-16(12)23/h3-6,8-10H,2,7,11H2,1H3/b18-9+. The SMILES string of the molecule is CCCOc1ccc(Br)cc1/C=C1/SC(=O)N(Cc2ccc(Cl)cc2Cl)C1=O. The molecule has 2 amide bonds. The molecule has 0 saturated carbocycles. The van der Waals surface area contributed by atoms with Crippen molar-refractivity contribution in [2.24, 2.45) is 0 Å². The van der Waals surface area contributed by atoms with Gasteiger partial charge in [0, 0.05) is 20.1 Å². The molecule has 8 heteroatoms. The highest BCUT2D eigenvalue weighted by atomic mass is 79.9. The highest BCUT2D eigenvalue weighted by Gasteiger charge is 2.35. The number of carbonyl (C=O) groups excluding carboxylic acids is 2. The predicted octanol–water partition coefficient (Wildman–Crippen LogP) is 6.78. The molecule has 0 aliphatic carbocycles. The van der Waals surface area contributed by atoms with Gasteiger partial charge in [-0.3, -0.25) is 14.5 Å². The number of benzene rings is 2. The van der Waals surface area contributed by atoms with Crippen molar-refractivity contribution in [2.45, 2.75) is 19.9 Å². The highest BCUT2D eigenvalue weighted by Crippen LogP contribution is 2.36. The molecule has 0 atom stereocenters. The van der Waals surface area contributed by atoms with Gasteiger partial charge in [0.1, 0.15) is 5.75 Å². The van der Waals surface area contributed by atoms with Crippen LogP contribution in [0.1, 0.15) is 24.5 Å². The summed E-state index contributed by atoms with van der Waals surface area (Å²) < 4.78 is 6.60. The van der Waals surface area contributed by atoms with Gasteiger partial charge in [-0.25, -0.2) is 0 Å². The third-order valence-corrected chi connectivity index (χ3v) is 5.92. The lowest BCUT2D eigenvalue weighted by Gasteiger charge is -2.14. The molecule has 28 heavy (non-hydrogen) atoms. The number of halogens is 3. The van der Waals surface area contributed by atoms with Gasteiger partial charge in [-0.1, -0.05) is 52.1 Å². The van der Waals surface area contributed by atoms with Crippen LogP contribution in [0.25, 0.3) is 6.08 Å². The fraction of sp³-hybridized carbons (Fsp3) is 0.200. The Morgan fingerprint density at radius 2 is 1.96 bits per heavy atom. The van der Waals surface area contributed by atoms with Crippen LogP contribution in [0.2, 0.25) is 10.0 Å². The number of ether oxygens (including phenoxy) is 1. The Morgan fingerprint density at radius 1 is 1.18 bits per heavy atom. The van der Waals surface area contributed by atoms with Crippen molar-refractivity contribution in [1.29, 1.82) is 0 Å². The number of imide groups is 1. The number of carbonyl (C=O) groups is 2. The minimum Gasteiger partial charge on any atom is -0.493 e. The summed E-state index contributed by atoms with van der Waals surface area (Å²) in [5, 5.41) is 0.572. The van der Waals surface area contributed by atoms with Crippen LogP contribution in [0.3, 0.4) is 0 Å². The summed E-state index contributed by atoms with van der Waals surface area (Å²) in [6.45, 7) is 2.68. The number of hydrogen-bond acceptors (Lipinski definition) is 4. The maximum absolute atomic E-state index is 12.8. The van der Waals surface area contributed by atoms with Crippen LogP contribution in [-0.2, 0) is 11.3 Å². The number of nitrogens with zero attached hydrogens (tertiary/aromatic N) is 1. The number of thioether (sulfide) groups is 1.